The highest BCUT2D eigenvalue weighted by molar-refractivity contribution is 9.11. The molecule has 0 saturated heterocycles. The van der Waals surface area contributed by atoms with Crippen LogP contribution >= 0.6 is 15.9 Å². The molecule has 2 atom stereocenters. The zero-order chi connectivity index (χ0) is 11.6. The van der Waals surface area contributed by atoms with Crippen LogP contribution in [0.3, 0.4) is 0 Å². The Balaban J connectivity index is 3.00. The van der Waals surface area contributed by atoms with Crippen LogP contribution < -0.4 is 0 Å². The van der Waals surface area contributed by atoms with Gasteiger partial charge in [-0.1, -0.05) is 45.8 Å². The number of benzene rings is 1. The molecule has 0 radical (unpaired) electrons. The fourth-order valence-corrected chi connectivity index (χ4v) is 2.17. The molecule has 0 aliphatic carbocycles. The first-order valence-electron chi connectivity index (χ1n) is 4.40. The highest BCUT2D eigenvalue weighted by Gasteiger charge is 2.27. The van der Waals surface area contributed by atoms with E-state index in [0.717, 1.165) is 11.8 Å². The molecule has 1 N–H and O–H groups in total. The molecule has 0 aromatic heterocycles. The second-order valence-electron chi connectivity index (χ2n) is 3.54. The Morgan fingerprint density at radius 3 is 2.47 bits per heavy atom. The van der Waals surface area contributed by atoms with Crippen LogP contribution in [-0.4, -0.2) is 23.9 Å². The first-order chi connectivity index (χ1) is 6.82. The van der Waals surface area contributed by atoms with E-state index in [2.05, 4.69) is 15.9 Å². The smallest absolute Gasteiger partial charge is 0.163 e. The van der Waals surface area contributed by atoms with E-state index in [4.69, 9.17) is 0 Å². The summed E-state index contributed by atoms with van der Waals surface area (Å²) in [7, 11) is -3.30. The molecule has 0 aliphatic heterocycles. The first kappa shape index (κ1) is 12.7. The number of hydrogen-bond acceptors (Lipinski definition) is 3. The summed E-state index contributed by atoms with van der Waals surface area (Å²) < 4.78 is 21.5. The maximum absolute atomic E-state index is 11.2. The molecule has 0 fully saturated rings. The van der Waals surface area contributed by atoms with Gasteiger partial charge < -0.3 is 5.11 Å². The minimum Gasteiger partial charge on any atom is -0.386 e. The lowest BCUT2D eigenvalue weighted by Crippen LogP contribution is -2.21. The lowest BCUT2D eigenvalue weighted by molar-refractivity contribution is 0.195. The van der Waals surface area contributed by atoms with Crippen molar-refractivity contribution in [1.82, 2.24) is 0 Å². The van der Waals surface area contributed by atoms with E-state index in [-0.39, 0.29) is 0 Å². The molecule has 0 bridgehead atoms. The molecule has 1 rings (SSSR count). The normalized spacial score (nSPS) is 16.0. The summed E-state index contributed by atoms with van der Waals surface area (Å²) >= 11 is 2.99. The zero-order valence-electron chi connectivity index (χ0n) is 8.51. The SMILES string of the molecule is Cc1cccc([C@@H](O)[C@@H](Br)S(C)(=O)=O)c1. The van der Waals surface area contributed by atoms with Crippen LogP contribution in [0, 0.1) is 6.92 Å². The third-order valence-electron chi connectivity index (χ3n) is 2.04. The number of aliphatic hydroxyl groups is 1. The number of aryl methyl sites for hydroxylation is 1. The van der Waals surface area contributed by atoms with Gasteiger partial charge in [0.05, 0.1) is 0 Å². The molecule has 0 aliphatic rings. The van der Waals surface area contributed by atoms with Crippen molar-refractivity contribution < 1.29 is 13.5 Å². The molecular formula is C10H13BrO3S. The van der Waals surface area contributed by atoms with Crippen LogP contribution in [0.4, 0.5) is 0 Å². The van der Waals surface area contributed by atoms with Gasteiger partial charge in [0.25, 0.3) is 0 Å². The fourth-order valence-electron chi connectivity index (χ4n) is 1.24. The van der Waals surface area contributed by atoms with Crippen molar-refractivity contribution in [2.45, 2.75) is 17.2 Å². The maximum Gasteiger partial charge on any atom is 0.163 e. The molecule has 0 spiro atoms. The van der Waals surface area contributed by atoms with E-state index in [1.165, 1.54) is 0 Å². The zero-order valence-corrected chi connectivity index (χ0v) is 10.9. The average Bonchev–Trinajstić information content (AvgIpc) is 2.14. The molecule has 0 amide bonds. The van der Waals surface area contributed by atoms with Gasteiger partial charge in [-0.25, -0.2) is 8.42 Å². The van der Waals surface area contributed by atoms with Crippen molar-refractivity contribution in [3.05, 3.63) is 35.4 Å². The molecular weight excluding hydrogens is 280 g/mol. The Morgan fingerprint density at radius 2 is 2.00 bits per heavy atom. The molecule has 1 aromatic rings. The van der Waals surface area contributed by atoms with Crippen molar-refractivity contribution >= 4 is 25.8 Å². The Kier molecular flexibility index (Phi) is 3.92. The molecule has 0 saturated carbocycles. The van der Waals surface area contributed by atoms with Crippen molar-refractivity contribution in [2.75, 3.05) is 6.26 Å². The van der Waals surface area contributed by atoms with Gasteiger partial charge >= 0.3 is 0 Å². The minimum atomic E-state index is -3.30. The fraction of sp³-hybridized carbons (Fsp3) is 0.400. The van der Waals surface area contributed by atoms with Gasteiger partial charge in [0, 0.05) is 6.26 Å². The van der Waals surface area contributed by atoms with E-state index < -0.39 is 20.1 Å². The summed E-state index contributed by atoms with van der Waals surface area (Å²) in [6, 6.07) is 7.15. The standard InChI is InChI=1S/C10H13BrO3S/c1-7-4-3-5-8(6-7)9(12)10(11)15(2,13)14/h3-6,9-10,12H,1-2H3/t9-,10+/m1/s1. The number of aliphatic hydroxyl groups excluding tert-OH is 1. The van der Waals surface area contributed by atoms with Crippen LogP contribution in [0.25, 0.3) is 0 Å². The number of rotatable bonds is 3. The number of halogens is 1. The van der Waals surface area contributed by atoms with E-state index in [1.54, 1.807) is 18.2 Å². The first-order valence-corrected chi connectivity index (χ1v) is 7.27. The third kappa shape index (κ3) is 3.29. The molecule has 15 heavy (non-hydrogen) atoms. The van der Waals surface area contributed by atoms with Crippen molar-refractivity contribution in [3.8, 4) is 0 Å². The van der Waals surface area contributed by atoms with Crippen LogP contribution in [0.2, 0.25) is 0 Å². The van der Waals surface area contributed by atoms with Crippen LogP contribution in [0.1, 0.15) is 17.2 Å². The van der Waals surface area contributed by atoms with Gasteiger partial charge in [0.2, 0.25) is 0 Å². The van der Waals surface area contributed by atoms with Gasteiger partial charge in [0.1, 0.15) is 10.3 Å². The summed E-state index contributed by atoms with van der Waals surface area (Å²) in [4.78, 5) is 0. The molecule has 0 unspecified atom stereocenters. The second kappa shape index (κ2) is 4.63. The Bertz CT molecular complexity index is 442. The van der Waals surface area contributed by atoms with Crippen LogP contribution in [0.15, 0.2) is 24.3 Å². The topological polar surface area (TPSA) is 54.4 Å². The Hall–Kier alpha value is -0.390. The minimum absolute atomic E-state index is 0.599. The second-order valence-corrected chi connectivity index (χ2v) is 7.30. The van der Waals surface area contributed by atoms with Gasteiger partial charge in [-0.15, -0.1) is 0 Å². The maximum atomic E-state index is 11.2. The van der Waals surface area contributed by atoms with Crippen molar-refractivity contribution in [3.63, 3.8) is 0 Å². The summed E-state index contributed by atoms with van der Waals surface area (Å²) in [5.41, 5.74) is 1.59. The van der Waals surface area contributed by atoms with Crippen molar-refractivity contribution in [2.24, 2.45) is 0 Å². The number of sulfone groups is 1. The van der Waals surface area contributed by atoms with E-state index in [1.807, 2.05) is 13.0 Å². The summed E-state index contributed by atoms with van der Waals surface area (Å²) in [5, 5.41) is 9.82. The summed E-state index contributed by atoms with van der Waals surface area (Å²) in [5.74, 6) is 0. The summed E-state index contributed by atoms with van der Waals surface area (Å²) in [6.07, 6.45) is 0.0470. The lowest BCUT2D eigenvalue weighted by atomic mass is 10.1. The number of alkyl halides is 1. The quantitative estimate of drug-likeness (QED) is 0.865. The van der Waals surface area contributed by atoms with Gasteiger partial charge in [-0.3, -0.25) is 0 Å². The monoisotopic (exact) mass is 292 g/mol. The van der Waals surface area contributed by atoms with Gasteiger partial charge in [-0.2, -0.15) is 0 Å². The summed E-state index contributed by atoms with van der Waals surface area (Å²) in [6.45, 7) is 1.89. The Morgan fingerprint density at radius 1 is 1.40 bits per heavy atom. The highest BCUT2D eigenvalue weighted by atomic mass is 79.9. The van der Waals surface area contributed by atoms with Crippen molar-refractivity contribution in [1.29, 1.82) is 0 Å². The third-order valence-corrected chi connectivity index (χ3v) is 5.65. The van der Waals surface area contributed by atoms with E-state index in [0.29, 0.717) is 5.56 Å². The molecule has 84 valence electrons. The highest BCUT2D eigenvalue weighted by Crippen LogP contribution is 2.26. The number of hydrogen-bond donors (Lipinski definition) is 1. The predicted molar refractivity (Wildman–Crippen MR) is 63.7 cm³/mol. The van der Waals surface area contributed by atoms with Crippen LogP contribution in [-0.2, 0) is 9.84 Å². The lowest BCUT2D eigenvalue weighted by Gasteiger charge is -2.16. The Labute approximate surface area is 98.2 Å². The van der Waals surface area contributed by atoms with E-state index in [9.17, 15) is 13.5 Å². The predicted octanol–water partition coefficient (Wildman–Crippen LogP) is 1.79. The largest absolute Gasteiger partial charge is 0.386 e. The molecule has 3 nitrogen and oxygen atoms in total. The van der Waals surface area contributed by atoms with Gasteiger partial charge in [0.15, 0.2) is 9.84 Å². The molecule has 0 heterocycles. The molecule has 5 heteroatoms. The van der Waals surface area contributed by atoms with E-state index >= 15 is 0 Å². The van der Waals surface area contributed by atoms with Crippen LogP contribution in [0.5, 0.6) is 0 Å². The van der Waals surface area contributed by atoms with Gasteiger partial charge in [-0.05, 0) is 12.5 Å². The average molecular weight is 293 g/mol. The molecule has 1 aromatic carbocycles.